The number of aliphatic hydroxyl groups is 1. The first kappa shape index (κ1) is 18.9. The van der Waals surface area contributed by atoms with E-state index in [2.05, 4.69) is 18.4 Å². The third-order valence-electron chi connectivity index (χ3n) is 4.01. The Hall–Kier alpha value is -1.43. The minimum atomic E-state index is 0. The molecule has 2 aromatic carbocycles. The summed E-state index contributed by atoms with van der Waals surface area (Å²) in [5.74, 6) is 1.79. The van der Waals surface area contributed by atoms with Crippen molar-refractivity contribution in [3.63, 3.8) is 0 Å². The van der Waals surface area contributed by atoms with E-state index >= 15 is 0 Å². The first-order chi connectivity index (χ1) is 11.3. The number of hydrogen-bond acceptors (Lipinski definition) is 4. The minimum absolute atomic E-state index is 0. The standard InChI is InChI=1S/C15H14O2S.C4H8O.B/c1-18-13-4-5-14-12(8-13)7-11-3-2-10(9-16)6-15(11)17-14;1-2-4-5-3-1;/h2-6,8,16H,7,9H2,1H3;1-4H2;. The zero-order valence-corrected chi connectivity index (χ0v) is 14.8. The number of thioether (sulfide) groups is 1. The van der Waals surface area contributed by atoms with Crippen molar-refractivity contribution in [3.8, 4) is 11.5 Å². The first-order valence-electron chi connectivity index (χ1n) is 7.95. The third kappa shape index (κ3) is 4.56. The van der Waals surface area contributed by atoms with E-state index < -0.39 is 0 Å². The predicted molar refractivity (Wildman–Crippen MR) is 99.3 cm³/mol. The fourth-order valence-corrected chi connectivity index (χ4v) is 3.16. The largest absolute Gasteiger partial charge is 0.457 e. The van der Waals surface area contributed by atoms with Gasteiger partial charge in [0.15, 0.2) is 0 Å². The van der Waals surface area contributed by atoms with E-state index in [0.29, 0.717) is 0 Å². The summed E-state index contributed by atoms with van der Waals surface area (Å²) in [6.07, 6.45) is 5.53. The van der Waals surface area contributed by atoms with Gasteiger partial charge in [-0.05, 0) is 54.5 Å². The van der Waals surface area contributed by atoms with Crippen LogP contribution in [-0.4, -0.2) is 33.0 Å². The van der Waals surface area contributed by atoms with Crippen molar-refractivity contribution in [2.75, 3.05) is 19.5 Å². The second-order valence-corrected chi connectivity index (χ2v) is 6.55. The SMILES string of the molecule is C1CCOC1.CSc1ccc2c(c1)Cc1ccc(CO)cc1O2.[B]. The number of rotatable bonds is 2. The maximum atomic E-state index is 9.14. The van der Waals surface area contributed by atoms with Crippen LogP contribution in [0.4, 0.5) is 0 Å². The molecule has 0 aromatic heterocycles. The summed E-state index contributed by atoms with van der Waals surface area (Å²) in [5, 5.41) is 9.14. The van der Waals surface area contributed by atoms with Gasteiger partial charge >= 0.3 is 0 Å². The normalized spacial score (nSPS) is 14.4. The molecule has 2 heterocycles. The maximum Gasteiger partial charge on any atom is 0.131 e. The Kier molecular flexibility index (Phi) is 7.22. The van der Waals surface area contributed by atoms with Gasteiger partial charge in [0.25, 0.3) is 0 Å². The molecule has 5 heteroatoms. The van der Waals surface area contributed by atoms with Crippen LogP contribution in [0.25, 0.3) is 0 Å². The average molecular weight is 341 g/mol. The highest BCUT2D eigenvalue weighted by Gasteiger charge is 2.17. The zero-order chi connectivity index (χ0) is 16.1. The third-order valence-corrected chi connectivity index (χ3v) is 4.74. The number of aliphatic hydroxyl groups excluding tert-OH is 1. The summed E-state index contributed by atoms with van der Waals surface area (Å²) in [5.41, 5.74) is 3.29. The fourth-order valence-electron chi connectivity index (χ4n) is 2.69. The molecular formula is C19H22BO3S. The predicted octanol–water partition coefficient (Wildman–Crippen LogP) is 4.01. The quantitative estimate of drug-likeness (QED) is 0.565. The van der Waals surface area contributed by atoms with Gasteiger partial charge in [-0.3, -0.25) is 0 Å². The van der Waals surface area contributed by atoms with E-state index in [1.807, 2.05) is 24.3 Å². The molecular weight excluding hydrogens is 319 g/mol. The topological polar surface area (TPSA) is 38.7 Å². The minimum Gasteiger partial charge on any atom is -0.457 e. The van der Waals surface area contributed by atoms with E-state index in [4.69, 9.17) is 14.6 Å². The Bertz CT molecular complexity index is 611. The Morgan fingerprint density at radius 1 is 1.00 bits per heavy atom. The summed E-state index contributed by atoms with van der Waals surface area (Å²) in [6.45, 7) is 2.05. The molecule has 2 aromatic rings. The van der Waals surface area contributed by atoms with Gasteiger partial charge in [0, 0.05) is 38.5 Å². The van der Waals surface area contributed by atoms with Gasteiger partial charge in [-0.1, -0.05) is 12.1 Å². The molecule has 0 aliphatic carbocycles. The Balaban J connectivity index is 0.000000300. The van der Waals surface area contributed by atoms with Crippen molar-refractivity contribution >= 4 is 20.2 Å². The van der Waals surface area contributed by atoms with Gasteiger partial charge in [0.1, 0.15) is 11.5 Å². The van der Waals surface area contributed by atoms with Gasteiger partial charge in [-0.25, -0.2) is 0 Å². The molecule has 1 saturated heterocycles. The maximum absolute atomic E-state index is 9.14. The van der Waals surface area contributed by atoms with Crippen molar-refractivity contribution in [1.82, 2.24) is 0 Å². The number of fused-ring (bicyclic) bond motifs is 2. The van der Waals surface area contributed by atoms with Crippen LogP contribution in [0.5, 0.6) is 11.5 Å². The molecule has 2 aliphatic rings. The number of benzene rings is 2. The van der Waals surface area contributed by atoms with Crippen LogP contribution in [0.3, 0.4) is 0 Å². The second-order valence-electron chi connectivity index (χ2n) is 5.67. The van der Waals surface area contributed by atoms with E-state index in [1.165, 1.54) is 28.9 Å². The smallest absolute Gasteiger partial charge is 0.131 e. The lowest BCUT2D eigenvalue weighted by molar-refractivity contribution is 0.198. The molecule has 3 radical (unpaired) electrons. The van der Waals surface area contributed by atoms with Crippen molar-refractivity contribution in [1.29, 1.82) is 0 Å². The van der Waals surface area contributed by atoms with E-state index in [1.54, 1.807) is 11.8 Å². The zero-order valence-electron chi connectivity index (χ0n) is 14.0. The summed E-state index contributed by atoms with van der Waals surface area (Å²) >= 11 is 1.74. The van der Waals surface area contributed by atoms with Crippen LogP contribution >= 0.6 is 11.8 Å². The fraction of sp³-hybridized carbons (Fsp3) is 0.368. The molecule has 0 amide bonds. The highest BCUT2D eigenvalue weighted by Crippen LogP contribution is 2.38. The molecule has 1 fully saturated rings. The van der Waals surface area contributed by atoms with Crippen molar-refractivity contribution < 1.29 is 14.6 Å². The van der Waals surface area contributed by atoms with Crippen molar-refractivity contribution in [2.24, 2.45) is 0 Å². The van der Waals surface area contributed by atoms with Gasteiger partial charge in [0.2, 0.25) is 0 Å². The number of ether oxygens (including phenoxy) is 2. The first-order valence-corrected chi connectivity index (χ1v) is 9.18. The van der Waals surface area contributed by atoms with Crippen LogP contribution in [-0.2, 0) is 17.8 Å². The summed E-state index contributed by atoms with van der Waals surface area (Å²) in [7, 11) is 0. The Morgan fingerprint density at radius 3 is 2.42 bits per heavy atom. The van der Waals surface area contributed by atoms with Crippen LogP contribution in [0.15, 0.2) is 41.3 Å². The van der Waals surface area contributed by atoms with Crippen LogP contribution in [0.2, 0.25) is 0 Å². The van der Waals surface area contributed by atoms with Crippen molar-refractivity contribution in [3.05, 3.63) is 53.1 Å². The highest BCUT2D eigenvalue weighted by atomic mass is 32.2. The molecule has 0 atom stereocenters. The summed E-state index contributed by atoms with van der Waals surface area (Å²) < 4.78 is 10.8. The van der Waals surface area contributed by atoms with Gasteiger partial charge < -0.3 is 14.6 Å². The summed E-state index contributed by atoms with van der Waals surface area (Å²) in [4.78, 5) is 1.26. The molecule has 4 rings (SSSR count). The van der Waals surface area contributed by atoms with Crippen LogP contribution < -0.4 is 4.74 Å². The van der Waals surface area contributed by atoms with Gasteiger partial charge in [0.05, 0.1) is 6.61 Å². The molecule has 2 aliphatic heterocycles. The van der Waals surface area contributed by atoms with Gasteiger partial charge in [-0.15, -0.1) is 11.8 Å². The Labute approximate surface area is 150 Å². The monoisotopic (exact) mass is 341 g/mol. The molecule has 1 N–H and O–H groups in total. The molecule has 0 saturated carbocycles. The highest BCUT2D eigenvalue weighted by molar-refractivity contribution is 7.98. The van der Waals surface area contributed by atoms with Crippen molar-refractivity contribution in [2.45, 2.75) is 30.8 Å². The molecule has 24 heavy (non-hydrogen) atoms. The Morgan fingerprint density at radius 2 is 1.79 bits per heavy atom. The second kappa shape index (κ2) is 9.16. The number of hydrogen-bond donors (Lipinski definition) is 1. The van der Waals surface area contributed by atoms with E-state index in [9.17, 15) is 0 Å². The molecule has 0 spiro atoms. The van der Waals surface area contributed by atoms with E-state index in [0.717, 1.165) is 36.7 Å². The average Bonchev–Trinajstić information content (AvgIpc) is 3.18. The lowest BCUT2D eigenvalue weighted by atomic mass is 9.99. The van der Waals surface area contributed by atoms with Crippen LogP contribution in [0, 0.1) is 0 Å². The molecule has 0 bridgehead atoms. The molecule has 125 valence electrons. The summed E-state index contributed by atoms with van der Waals surface area (Å²) in [6, 6.07) is 12.2. The van der Waals surface area contributed by atoms with E-state index in [-0.39, 0.29) is 15.0 Å². The lowest BCUT2D eigenvalue weighted by Crippen LogP contribution is -2.03. The van der Waals surface area contributed by atoms with Crippen LogP contribution in [0.1, 0.15) is 29.5 Å². The molecule has 3 nitrogen and oxygen atoms in total. The van der Waals surface area contributed by atoms with Gasteiger partial charge in [-0.2, -0.15) is 0 Å². The lowest BCUT2D eigenvalue weighted by Gasteiger charge is -2.21. The molecule has 0 unspecified atom stereocenters.